The molecule has 2 atom stereocenters. The van der Waals surface area contributed by atoms with E-state index >= 15 is 0 Å². The van der Waals surface area contributed by atoms with Gasteiger partial charge in [0.1, 0.15) is 39.5 Å². The van der Waals surface area contributed by atoms with Crippen LogP contribution < -0.4 is 0 Å². The van der Waals surface area contributed by atoms with E-state index in [1.165, 1.54) is 18.4 Å². The summed E-state index contributed by atoms with van der Waals surface area (Å²) in [6, 6.07) is 13.5. The zero-order valence-electron chi connectivity index (χ0n) is 35.7. The first-order chi connectivity index (χ1) is 30.4. The summed E-state index contributed by atoms with van der Waals surface area (Å²) in [7, 11) is 1.34. The predicted octanol–water partition coefficient (Wildman–Crippen LogP) is 9.48. The Morgan fingerprint density at radius 3 is 1.86 bits per heavy atom. The number of benzene rings is 2. The van der Waals surface area contributed by atoms with Crippen molar-refractivity contribution in [2.45, 2.75) is 85.2 Å². The van der Waals surface area contributed by atoms with E-state index in [0.717, 1.165) is 59.8 Å². The van der Waals surface area contributed by atoms with Crippen molar-refractivity contribution >= 4 is 68.9 Å². The smallest absolute Gasteiger partial charge is 0.308 e. The van der Waals surface area contributed by atoms with Crippen LogP contribution in [0.4, 0.5) is 5.69 Å². The number of methoxy groups -OCH3 is 1. The number of esters is 1. The Morgan fingerprint density at radius 1 is 0.730 bits per heavy atom. The van der Waals surface area contributed by atoms with Crippen LogP contribution in [0.1, 0.15) is 122 Å². The van der Waals surface area contributed by atoms with Crippen LogP contribution >= 0.6 is 34.3 Å². The number of halogens is 1. The van der Waals surface area contributed by atoms with Gasteiger partial charge in [0.05, 0.1) is 36.4 Å². The van der Waals surface area contributed by atoms with E-state index in [4.69, 9.17) is 37.6 Å². The molecule has 0 N–H and O–H groups in total. The summed E-state index contributed by atoms with van der Waals surface area (Å²) in [4.78, 5) is 55.5. The van der Waals surface area contributed by atoms with Gasteiger partial charge in [-0.2, -0.15) is 0 Å². The van der Waals surface area contributed by atoms with Crippen molar-refractivity contribution in [3.8, 4) is 10.0 Å². The number of ketones is 2. The lowest BCUT2D eigenvalue weighted by Crippen LogP contribution is -2.12. The summed E-state index contributed by atoms with van der Waals surface area (Å²) in [6.07, 6.45) is 1.71. The molecule has 6 aromatic rings. The molecule has 0 spiro atoms. The maximum atomic E-state index is 13.9. The Bertz CT molecular complexity index is 2860. The first-order valence-corrected chi connectivity index (χ1v) is 22.6. The van der Waals surface area contributed by atoms with Crippen LogP contribution in [0.25, 0.3) is 14.8 Å². The molecule has 63 heavy (non-hydrogen) atoms. The lowest BCUT2D eigenvalue weighted by Gasteiger charge is -2.12. The number of thiophene rings is 2. The molecule has 0 radical (unpaired) electrons. The van der Waals surface area contributed by atoms with Crippen LogP contribution in [0.5, 0.6) is 0 Å². The highest BCUT2D eigenvalue weighted by Gasteiger charge is 2.35. The molecule has 2 aliphatic heterocycles. The molecule has 17 heteroatoms. The van der Waals surface area contributed by atoms with Crippen LogP contribution in [0, 0.1) is 41.2 Å². The number of aliphatic imine (C=N–C) groups is 2. The number of aromatic nitrogens is 6. The molecule has 0 bridgehead atoms. The summed E-state index contributed by atoms with van der Waals surface area (Å²) in [6.45, 7) is 18.0. The third-order valence-electron chi connectivity index (χ3n) is 11.3. The van der Waals surface area contributed by atoms with E-state index in [-0.39, 0.29) is 30.8 Å². The van der Waals surface area contributed by atoms with Gasteiger partial charge in [0.15, 0.2) is 23.1 Å². The normalized spacial score (nSPS) is 15.2. The number of carbonyl (C=O) groups excluding carboxylic acids is 3. The number of fused-ring (bicyclic) bond motifs is 6. The Kier molecular flexibility index (Phi) is 12.7. The highest BCUT2D eigenvalue weighted by atomic mass is 35.5. The van der Waals surface area contributed by atoms with Crippen molar-refractivity contribution in [1.29, 1.82) is 0 Å². The molecule has 322 valence electrons. The Balaban J connectivity index is 0.913. The number of carbonyl (C=O) groups is 3. The van der Waals surface area contributed by atoms with E-state index in [0.29, 0.717) is 71.2 Å². The molecule has 8 rings (SSSR count). The summed E-state index contributed by atoms with van der Waals surface area (Å²) < 4.78 is 14.9. The monoisotopic (exact) mass is 901 g/mol. The maximum Gasteiger partial charge on any atom is 0.308 e. The highest BCUT2D eigenvalue weighted by Crippen LogP contribution is 2.42. The summed E-state index contributed by atoms with van der Waals surface area (Å²) in [5.41, 5.74) is 7.26. The molecule has 0 aliphatic carbocycles. The summed E-state index contributed by atoms with van der Waals surface area (Å²) >= 11 is 9.27. The number of Topliss-reactive ketones (excluding diaryl/α,β-unsaturated/α-hetero) is 2. The largest absolute Gasteiger partial charge is 0.469 e. The summed E-state index contributed by atoms with van der Waals surface area (Å²) in [5.74, 6) is 2.04. The van der Waals surface area contributed by atoms with Gasteiger partial charge in [0.25, 0.3) is 0 Å². The standard InChI is InChI=1S/C46H44ClN9O5S2/c1-24-26(3)62-45-38(24)40(30-14-18-32(48-6)19-15-30)49-34(43-53-51-27(4)55(43)45)22-33(57)10-8-20-61-21-9-11-36(58)42-25(2)39-41(29-12-16-31(47)17-13-29)50-35(23-37(59)60-7)44-54-52-28(5)56(44)46(39)63-42/h12-19,34-35H,8-11,20-23H2,1-5,7H3/t34-,35-/m0/s1. The Morgan fingerprint density at radius 2 is 1.27 bits per heavy atom. The first-order valence-electron chi connectivity index (χ1n) is 20.6. The van der Waals surface area contributed by atoms with Crippen molar-refractivity contribution in [3.05, 3.63) is 131 Å². The molecule has 0 unspecified atom stereocenters. The SMILES string of the molecule is [C-]#[N+]c1ccc(C2=N[C@@H](CC(=O)CCCOCCCC(=O)c3sc4c(c3C)C(c3ccc(Cl)cc3)=N[C@@H](CC(=O)OC)c3nnc(C)n3-4)c3nnc(C)n3-c3sc(C)c(C)c32)cc1. The van der Waals surface area contributed by atoms with Gasteiger partial charge in [0, 0.05) is 59.1 Å². The fourth-order valence-corrected chi connectivity index (χ4v) is 10.7. The van der Waals surface area contributed by atoms with Gasteiger partial charge in [-0.1, -0.05) is 48.0 Å². The number of rotatable bonds is 15. The maximum absolute atomic E-state index is 13.9. The van der Waals surface area contributed by atoms with Crippen molar-refractivity contribution in [1.82, 2.24) is 29.5 Å². The van der Waals surface area contributed by atoms with Gasteiger partial charge in [-0.15, -0.1) is 43.1 Å². The minimum Gasteiger partial charge on any atom is -0.469 e. The van der Waals surface area contributed by atoms with Gasteiger partial charge in [0.2, 0.25) is 0 Å². The average molecular weight is 903 g/mol. The van der Waals surface area contributed by atoms with Crippen molar-refractivity contribution in [3.63, 3.8) is 0 Å². The lowest BCUT2D eigenvalue weighted by atomic mass is 9.98. The minimum absolute atomic E-state index is 0.0216. The molecular weight excluding hydrogens is 858 g/mol. The lowest BCUT2D eigenvalue weighted by molar-refractivity contribution is -0.141. The van der Waals surface area contributed by atoms with Crippen LogP contribution in [-0.2, 0) is 19.1 Å². The Labute approximate surface area is 377 Å². The molecule has 0 amide bonds. The number of nitrogens with zero attached hydrogens (tertiary/aromatic N) is 9. The molecule has 4 aromatic heterocycles. The van der Waals surface area contributed by atoms with Gasteiger partial charge in [-0.25, -0.2) is 4.85 Å². The highest BCUT2D eigenvalue weighted by molar-refractivity contribution is 7.17. The third kappa shape index (κ3) is 8.58. The second kappa shape index (κ2) is 18.4. The second-order valence-electron chi connectivity index (χ2n) is 15.5. The van der Waals surface area contributed by atoms with Crippen LogP contribution in [-0.4, -0.2) is 78.8 Å². The number of hydrogen-bond donors (Lipinski definition) is 0. The molecule has 6 heterocycles. The number of hydrogen-bond acceptors (Lipinski definition) is 13. The Hall–Kier alpha value is -5.99. The zero-order valence-corrected chi connectivity index (χ0v) is 38.1. The minimum atomic E-state index is -0.664. The van der Waals surface area contributed by atoms with Crippen molar-refractivity contribution in [2.75, 3.05) is 20.3 Å². The topological polar surface area (TPSA) is 160 Å². The van der Waals surface area contributed by atoms with E-state index < -0.39 is 18.1 Å². The average Bonchev–Trinajstić information content (AvgIpc) is 3.98. The van der Waals surface area contributed by atoms with Gasteiger partial charge in [-0.3, -0.25) is 33.5 Å². The van der Waals surface area contributed by atoms with E-state index in [2.05, 4.69) is 39.1 Å². The van der Waals surface area contributed by atoms with Crippen LogP contribution in [0.15, 0.2) is 58.5 Å². The third-order valence-corrected chi connectivity index (χ3v) is 14.1. The van der Waals surface area contributed by atoms with Gasteiger partial charge >= 0.3 is 5.97 Å². The van der Waals surface area contributed by atoms with Crippen LogP contribution in [0.3, 0.4) is 0 Å². The summed E-state index contributed by atoms with van der Waals surface area (Å²) in [5, 5.41) is 20.0. The fraction of sp³-hybridized carbons (Fsp3) is 0.348. The number of ether oxygens (including phenoxy) is 2. The van der Waals surface area contributed by atoms with Crippen molar-refractivity contribution in [2.24, 2.45) is 9.98 Å². The molecule has 2 aliphatic rings. The van der Waals surface area contributed by atoms with Gasteiger partial charge in [-0.05, 0) is 76.3 Å². The molecule has 0 fully saturated rings. The molecule has 0 saturated carbocycles. The van der Waals surface area contributed by atoms with Gasteiger partial charge < -0.3 is 9.47 Å². The van der Waals surface area contributed by atoms with Crippen LogP contribution in [0.2, 0.25) is 5.02 Å². The van der Waals surface area contributed by atoms with E-state index in [1.807, 2.05) is 54.2 Å². The zero-order chi connectivity index (χ0) is 44.5. The molecule has 14 nitrogen and oxygen atoms in total. The number of aryl methyl sites for hydroxylation is 3. The van der Waals surface area contributed by atoms with E-state index in [1.54, 1.807) is 35.6 Å². The predicted molar refractivity (Wildman–Crippen MR) is 243 cm³/mol. The molecule has 2 aromatic carbocycles. The second-order valence-corrected chi connectivity index (χ2v) is 18.1. The molecule has 0 saturated heterocycles. The van der Waals surface area contributed by atoms with Crippen molar-refractivity contribution < 1.29 is 23.9 Å². The fourth-order valence-electron chi connectivity index (χ4n) is 7.99. The first kappa shape index (κ1) is 43.7. The quantitative estimate of drug-likeness (QED) is 0.0423. The molecular formula is C46H44ClN9O5S2. The van der Waals surface area contributed by atoms with E-state index in [9.17, 15) is 14.4 Å².